The van der Waals surface area contributed by atoms with E-state index in [4.69, 9.17) is 0 Å². The first-order chi connectivity index (χ1) is 13.1. The summed E-state index contributed by atoms with van der Waals surface area (Å²) in [4.78, 5) is 11.6. The number of carbonyl (C=O) groups is 1. The Morgan fingerprint density at radius 2 is 1.78 bits per heavy atom. The van der Waals surface area contributed by atoms with Gasteiger partial charge in [-0.15, -0.1) is 0 Å². The second kappa shape index (κ2) is 9.03. The van der Waals surface area contributed by atoms with Gasteiger partial charge in [-0.05, 0) is 78.8 Å². The predicted molar refractivity (Wildman–Crippen MR) is 113 cm³/mol. The van der Waals surface area contributed by atoms with Gasteiger partial charge in [0.2, 0.25) is 0 Å². The maximum Gasteiger partial charge on any atom is 0.336 e. The Morgan fingerprint density at radius 1 is 1.07 bits per heavy atom. The normalized spacial score (nSPS) is 20.1. The van der Waals surface area contributed by atoms with Gasteiger partial charge in [0.1, 0.15) is 0 Å². The number of carboxylic acid groups (broad SMARTS) is 1. The summed E-state index contributed by atoms with van der Waals surface area (Å²) in [6.07, 6.45) is 11.9. The Balaban J connectivity index is 1.81. The highest BCUT2D eigenvalue weighted by Gasteiger charge is 2.22. The molecule has 2 heteroatoms. The number of hydrogen-bond acceptors (Lipinski definition) is 1. The monoisotopic (exact) mass is 362 g/mol. The summed E-state index contributed by atoms with van der Waals surface area (Å²) < 4.78 is 0. The van der Waals surface area contributed by atoms with Crippen molar-refractivity contribution in [2.24, 2.45) is 5.92 Å². The van der Waals surface area contributed by atoms with Crippen LogP contribution in [0.5, 0.6) is 0 Å². The van der Waals surface area contributed by atoms with Crippen LogP contribution in [0.3, 0.4) is 0 Å². The minimum Gasteiger partial charge on any atom is -0.478 e. The fourth-order valence-corrected chi connectivity index (χ4v) is 4.41. The molecule has 0 heterocycles. The minimum atomic E-state index is -0.879. The van der Waals surface area contributed by atoms with E-state index in [1.54, 1.807) is 6.07 Å². The molecule has 2 nitrogen and oxygen atoms in total. The first kappa shape index (κ1) is 19.4. The van der Waals surface area contributed by atoms with Gasteiger partial charge >= 0.3 is 5.97 Å². The SMILES string of the molecule is C/C=C/c1ccc(C(=O)O)c(-c2ccc(C3CCC(CCC)CC3)cc2)c1. The lowest BCUT2D eigenvalue weighted by Crippen LogP contribution is -2.13. The number of aromatic carboxylic acids is 1. The number of rotatable bonds is 6. The standard InChI is InChI=1S/C25H30O2/c1-3-5-18-7-10-20(11-8-18)21-12-14-22(15-13-21)24-17-19(6-4-2)9-16-23(24)25(26)27/h4,6,9,12-18,20H,3,5,7-8,10-11H2,1-2H3,(H,26,27)/b6-4+. The van der Waals surface area contributed by atoms with Crippen LogP contribution in [0.25, 0.3) is 17.2 Å². The topological polar surface area (TPSA) is 37.3 Å². The van der Waals surface area contributed by atoms with E-state index < -0.39 is 5.97 Å². The quantitative estimate of drug-likeness (QED) is 0.592. The van der Waals surface area contributed by atoms with E-state index in [0.29, 0.717) is 11.5 Å². The van der Waals surface area contributed by atoms with Gasteiger partial charge in [-0.2, -0.15) is 0 Å². The Bertz CT molecular complexity index is 794. The fourth-order valence-electron chi connectivity index (χ4n) is 4.41. The Morgan fingerprint density at radius 3 is 2.37 bits per heavy atom. The molecule has 27 heavy (non-hydrogen) atoms. The molecule has 0 bridgehead atoms. The lowest BCUT2D eigenvalue weighted by Gasteiger charge is -2.28. The molecule has 0 spiro atoms. The summed E-state index contributed by atoms with van der Waals surface area (Å²) in [7, 11) is 0. The van der Waals surface area contributed by atoms with Crippen molar-refractivity contribution < 1.29 is 9.90 Å². The van der Waals surface area contributed by atoms with Crippen LogP contribution in [0.2, 0.25) is 0 Å². The lowest BCUT2D eigenvalue weighted by molar-refractivity contribution is 0.0697. The molecular formula is C25H30O2. The van der Waals surface area contributed by atoms with E-state index in [1.807, 2.05) is 31.2 Å². The van der Waals surface area contributed by atoms with E-state index in [-0.39, 0.29) is 0 Å². The first-order valence-corrected chi connectivity index (χ1v) is 10.2. The third-order valence-electron chi connectivity index (χ3n) is 5.87. The molecule has 0 atom stereocenters. The molecule has 0 radical (unpaired) electrons. The first-order valence-electron chi connectivity index (χ1n) is 10.2. The summed E-state index contributed by atoms with van der Waals surface area (Å²) in [6, 6.07) is 14.1. The third kappa shape index (κ3) is 4.68. The molecule has 142 valence electrons. The molecule has 0 aliphatic heterocycles. The number of allylic oxidation sites excluding steroid dienone is 1. The van der Waals surface area contributed by atoms with Crippen LogP contribution in [-0.2, 0) is 0 Å². The van der Waals surface area contributed by atoms with Crippen molar-refractivity contribution >= 4 is 12.0 Å². The van der Waals surface area contributed by atoms with Crippen LogP contribution >= 0.6 is 0 Å². The van der Waals surface area contributed by atoms with Crippen molar-refractivity contribution in [3.63, 3.8) is 0 Å². The number of carboxylic acids is 1. The molecular weight excluding hydrogens is 332 g/mol. The molecule has 1 aliphatic carbocycles. The summed E-state index contributed by atoms with van der Waals surface area (Å²) in [5.41, 5.74) is 4.54. The van der Waals surface area contributed by atoms with Crippen molar-refractivity contribution in [2.75, 3.05) is 0 Å². The largest absolute Gasteiger partial charge is 0.478 e. The summed E-state index contributed by atoms with van der Waals surface area (Å²) in [5, 5.41) is 9.56. The van der Waals surface area contributed by atoms with E-state index in [0.717, 1.165) is 22.6 Å². The Kier molecular flexibility index (Phi) is 6.49. The smallest absolute Gasteiger partial charge is 0.336 e. The molecule has 1 fully saturated rings. The van der Waals surface area contributed by atoms with Crippen LogP contribution in [0, 0.1) is 5.92 Å². The molecule has 1 aliphatic rings. The average molecular weight is 363 g/mol. The van der Waals surface area contributed by atoms with Crippen molar-refractivity contribution in [1.29, 1.82) is 0 Å². The minimum absolute atomic E-state index is 0.357. The molecule has 0 amide bonds. The van der Waals surface area contributed by atoms with Gasteiger partial charge in [0.25, 0.3) is 0 Å². The third-order valence-corrected chi connectivity index (χ3v) is 5.87. The predicted octanol–water partition coefficient (Wildman–Crippen LogP) is 7.16. The fraction of sp³-hybridized carbons (Fsp3) is 0.400. The highest BCUT2D eigenvalue weighted by molar-refractivity contribution is 5.96. The zero-order valence-corrected chi connectivity index (χ0v) is 16.4. The molecule has 2 aromatic rings. The summed E-state index contributed by atoms with van der Waals surface area (Å²) in [5.74, 6) is 0.689. The van der Waals surface area contributed by atoms with Crippen molar-refractivity contribution in [1.82, 2.24) is 0 Å². The van der Waals surface area contributed by atoms with E-state index in [2.05, 4.69) is 31.2 Å². The molecule has 0 unspecified atom stereocenters. The average Bonchev–Trinajstić information content (AvgIpc) is 2.69. The van der Waals surface area contributed by atoms with Gasteiger partial charge in [0.15, 0.2) is 0 Å². The van der Waals surface area contributed by atoms with Crippen LogP contribution in [-0.4, -0.2) is 11.1 Å². The van der Waals surface area contributed by atoms with Crippen LogP contribution in [0.15, 0.2) is 48.5 Å². The van der Waals surface area contributed by atoms with Gasteiger partial charge in [0.05, 0.1) is 5.56 Å². The number of benzene rings is 2. The maximum atomic E-state index is 11.6. The molecule has 3 rings (SSSR count). The van der Waals surface area contributed by atoms with Crippen LogP contribution in [0.4, 0.5) is 0 Å². The second-order valence-electron chi connectivity index (χ2n) is 7.74. The molecule has 1 saturated carbocycles. The van der Waals surface area contributed by atoms with Gasteiger partial charge in [0, 0.05) is 0 Å². The van der Waals surface area contributed by atoms with Gasteiger partial charge in [-0.25, -0.2) is 4.79 Å². The van der Waals surface area contributed by atoms with Crippen molar-refractivity contribution in [3.05, 3.63) is 65.2 Å². The summed E-state index contributed by atoms with van der Waals surface area (Å²) >= 11 is 0. The zero-order valence-electron chi connectivity index (χ0n) is 16.4. The van der Waals surface area contributed by atoms with E-state index in [1.165, 1.54) is 44.1 Å². The van der Waals surface area contributed by atoms with Crippen LogP contribution in [0.1, 0.15) is 79.8 Å². The molecule has 0 saturated heterocycles. The molecule has 0 aromatic heterocycles. The summed E-state index contributed by atoms with van der Waals surface area (Å²) in [6.45, 7) is 4.25. The Hall–Kier alpha value is -2.35. The van der Waals surface area contributed by atoms with Gasteiger partial charge in [-0.3, -0.25) is 0 Å². The highest BCUT2D eigenvalue weighted by Crippen LogP contribution is 2.38. The van der Waals surface area contributed by atoms with E-state index >= 15 is 0 Å². The van der Waals surface area contributed by atoms with Crippen LogP contribution < -0.4 is 0 Å². The lowest BCUT2D eigenvalue weighted by atomic mass is 9.77. The molecule has 1 N–H and O–H groups in total. The number of hydrogen-bond donors (Lipinski definition) is 1. The van der Waals surface area contributed by atoms with Gasteiger partial charge < -0.3 is 5.11 Å². The second-order valence-corrected chi connectivity index (χ2v) is 7.74. The molecule has 2 aromatic carbocycles. The highest BCUT2D eigenvalue weighted by atomic mass is 16.4. The maximum absolute atomic E-state index is 11.6. The van der Waals surface area contributed by atoms with E-state index in [9.17, 15) is 9.90 Å². The zero-order chi connectivity index (χ0) is 19.2. The van der Waals surface area contributed by atoms with Gasteiger partial charge in [-0.1, -0.05) is 62.2 Å². The van der Waals surface area contributed by atoms with Crippen molar-refractivity contribution in [3.8, 4) is 11.1 Å². The van der Waals surface area contributed by atoms with Crippen molar-refractivity contribution in [2.45, 2.75) is 58.3 Å². The Labute approximate surface area is 162 Å².